The topological polar surface area (TPSA) is 13.0 Å². The molecular weight excluding hydrogens is 440 g/mol. The second-order valence-electron chi connectivity index (χ2n) is 9.16. The van der Waals surface area contributed by atoms with Crippen LogP contribution in [0.25, 0.3) is 0 Å². The molecule has 2 heterocycles. The predicted octanol–water partition coefficient (Wildman–Crippen LogP) is 8.18. The molecule has 0 spiro atoms. The van der Waals surface area contributed by atoms with Crippen molar-refractivity contribution in [2.45, 2.75) is 0 Å². The van der Waals surface area contributed by atoms with Crippen LogP contribution in [0.3, 0.4) is 0 Å². The molecule has 5 aromatic carbocycles. The van der Waals surface area contributed by atoms with E-state index in [1.165, 1.54) is 45.5 Å². The monoisotopic (exact) mass is 466 g/mol. The Morgan fingerprint density at radius 2 is 0.611 bits per heavy atom. The predicted molar refractivity (Wildman–Crippen MR) is 150 cm³/mol. The summed E-state index contributed by atoms with van der Waals surface area (Å²) in [5.74, 6) is 0. The van der Waals surface area contributed by atoms with Gasteiger partial charge in [0.1, 0.15) is 13.3 Å². The average molecular weight is 467 g/mol. The zero-order chi connectivity index (χ0) is 23.9. The Kier molecular flexibility index (Phi) is 4.88. The molecule has 0 radical (unpaired) electrons. The van der Waals surface area contributed by atoms with E-state index < -0.39 is 0 Å². The van der Waals surface area contributed by atoms with Crippen molar-refractivity contribution in [2.24, 2.45) is 0 Å². The minimum Gasteiger partial charge on any atom is -0.321 e. The van der Waals surface area contributed by atoms with Gasteiger partial charge in [0, 0.05) is 22.7 Å². The van der Waals surface area contributed by atoms with Crippen LogP contribution in [-0.2, 0) is 0 Å². The van der Waals surface area contributed by atoms with E-state index in [4.69, 9.17) is 0 Å². The van der Waals surface area contributed by atoms with Crippen molar-refractivity contribution in [3.05, 3.63) is 133 Å². The van der Waals surface area contributed by atoms with Crippen LogP contribution in [-0.4, -0.2) is 13.3 Å². The van der Waals surface area contributed by atoms with E-state index in [1.54, 1.807) is 0 Å². The van der Waals surface area contributed by atoms with Gasteiger partial charge >= 0.3 is 0 Å². The molecule has 36 heavy (non-hydrogen) atoms. The van der Waals surface area contributed by atoms with Gasteiger partial charge in [-0.15, -0.1) is 0 Å². The Morgan fingerprint density at radius 3 is 1.00 bits per heavy atom. The SMILES string of the molecule is c1ccc(N2CN(c3cccc(N4CN(c5ccccc5)c5ccccc54)c3)c3ccccc32)cc1. The van der Waals surface area contributed by atoms with Crippen LogP contribution < -0.4 is 19.6 Å². The number of anilines is 8. The Bertz CT molecular complexity index is 1400. The van der Waals surface area contributed by atoms with Gasteiger partial charge in [-0.05, 0) is 66.7 Å². The highest BCUT2D eigenvalue weighted by atomic mass is 15.4. The van der Waals surface area contributed by atoms with Crippen LogP contribution in [0.4, 0.5) is 45.5 Å². The summed E-state index contributed by atoms with van der Waals surface area (Å²) in [5.41, 5.74) is 9.71. The van der Waals surface area contributed by atoms with Crippen LogP contribution in [0.5, 0.6) is 0 Å². The van der Waals surface area contributed by atoms with E-state index in [0.29, 0.717) is 0 Å². The highest BCUT2D eigenvalue weighted by Gasteiger charge is 2.30. The van der Waals surface area contributed by atoms with Crippen molar-refractivity contribution >= 4 is 45.5 Å². The van der Waals surface area contributed by atoms with Crippen molar-refractivity contribution in [1.29, 1.82) is 0 Å². The Morgan fingerprint density at radius 1 is 0.306 bits per heavy atom. The third-order valence-corrected chi connectivity index (χ3v) is 7.08. The molecule has 0 unspecified atom stereocenters. The van der Waals surface area contributed by atoms with Gasteiger partial charge in [0.05, 0.1) is 22.7 Å². The zero-order valence-electron chi connectivity index (χ0n) is 19.9. The van der Waals surface area contributed by atoms with E-state index in [-0.39, 0.29) is 0 Å². The summed E-state index contributed by atoms with van der Waals surface area (Å²) in [4.78, 5) is 9.57. The maximum Gasteiger partial charge on any atom is 0.100 e. The standard InChI is InChI=1S/C32H26N4/c1-3-12-25(13-4-1)33-23-35(31-20-9-7-18-29(31)33)27-16-11-17-28(22-27)36-24-34(26-14-5-2-6-15-26)30-19-8-10-21-32(30)36/h1-22H,23-24H2. The van der Waals surface area contributed by atoms with E-state index in [9.17, 15) is 0 Å². The van der Waals surface area contributed by atoms with Gasteiger partial charge in [-0.2, -0.15) is 0 Å². The highest BCUT2D eigenvalue weighted by Crippen LogP contribution is 2.47. The lowest BCUT2D eigenvalue weighted by atomic mass is 10.2. The Hall–Kier alpha value is -4.70. The summed E-state index contributed by atoms with van der Waals surface area (Å²) < 4.78 is 0. The Balaban J connectivity index is 1.26. The maximum atomic E-state index is 2.41. The van der Waals surface area contributed by atoms with E-state index in [0.717, 1.165) is 13.3 Å². The van der Waals surface area contributed by atoms with Crippen molar-refractivity contribution < 1.29 is 0 Å². The van der Waals surface area contributed by atoms with Gasteiger partial charge in [0.25, 0.3) is 0 Å². The normalized spacial score (nSPS) is 14.2. The number of benzene rings is 5. The summed E-state index contributed by atoms with van der Waals surface area (Å²) in [6.45, 7) is 1.55. The summed E-state index contributed by atoms with van der Waals surface area (Å²) in [6.07, 6.45) is 0. The molecule has 174 valence electrons. The first kappa shape index (κ1) is 20.7. The molecule has 0 fully saturated rings. The molecule has 0 aromatic heterocycles. The number of fused-ring (bicyclic) bond motifs is 2. The number of nitrogens with zero attached hydrogens (tertiary/aromatic N) is 4. The minimum absolute atomic E-state index is 0.777. The Labute approximate surface area is 211 Å². The lowest BCUT2D eigenvalue weighted by molar-refractivity contribution is 0.978. The lowest BCUT2D eigenvalue weighted by Gasteiger charge is -2.25. The molecule has 0 bridgehead atoms. The molecular formula is C32H26N4. The first-order valence-corrected chi connectivity index (χ1v) is 12.4. The number of hydrogen-bond donors (Lipinski definition) is 0. The van der Waals surface area contributed by atoms with Gasteiger partial charge in [-0.1, -0.05) is 66.7 Å². The first-order valence-electron chi connectivity index (χ1n) is 12.4. The number of rotatable bonds is 4. The molecule has 0 saturated heterocycles. The summed E-state index contributed by atoms with van der Waals surface area (Å²) in [5, 5.41) is 0. The van der Waals surface area contributed by atoms with E-state index in [2.05, 4.69) is 153 Å². The minimum atomic E-state index is 0.777. The second kappa shape index (κ2) is 8.51. The van der Waals surface area contributed by atoms with Gasteiger partial charge in [0.15, 0.2) is 0 Å². The molecule has 5 aromatic rings. The number of para-hydroxylation sites is 6. The fourth-order valence-electron chi connectivity index (χ4n) is 5.36. The van der Waals surface area contributed by atoms with Gasteiger partial charge in [-0.3, -0.25) is 0 Å². The molecule has 0 atom stereocenters. The fraction of sp³-hybridized carbons (Fsp3) is 0.0625. The van der Waals surface area contributed by atoms with Crippen molar-refractivity contribution in [2.75, 3.05) is 32.9 Å². The second-order valence-corrected chi connectivity index (χ2v) is 9.16. The smallest absolute Gasteiger partial charge is 0.100 e. The molecule has 2 aliphatic rings. The van der Waals surface area contributed by atoms with Gasteiger partial charge in [0.2, 0.25) is 0 Å². The lowest BCUT2D eigenvalue weighted by Crippen LogP contribution is -2.25. The first-order chi connectivity index (χ1) is 17.9. The quantitative estimate of drug-likeness (QED) is 0.265. The maximum absolute atomic E-state index is 2.41. The van der Waals surface area contributed by atoms with Crippen molar-refractivity contribution in [3.8, 4) is 0 Å². The number of hydrogen-bond acceptors (Lipinski definition) is 4. The molecule has 2 aliphatic heterocycles. The molecule has 7 rings (SSSR count). The van der Waals surface area contributed by atoms with Gasteiger partial charge in [-0.25, -0.2) is 0 Å². The van der Waals surface area contributed by atoms with Crippen molar-refractivity contribution in [1.82, 2.24) is 0 Å². The summed E-state index contributed by atoms with van der Waals surface area (Å²) >= 11 is 0. The zero-order valence-corrected chi connectivity index (χ0v) is 19.9. The van der Waals surface area contributed by atoms with Crippen LogP contribution in [0, 0.1) is 0 Å². The third-order valence-electron chi connectivity index (χ3n) is 7.08. The molecule has 0 saturated carbocycles. The van der Waals surface area contributed by atoms with Crippen LogP contribution in [0.1, 0.15) is 0 Å². The van der Waals surface area contributed by atoms with E-state index >= 15 is 0 Å². The molecule has 0 aliphatic carbocycles. The van der Waals surface area contributed by atoms with Crippen LogP contribution >= 0.6 is 0 Å². The largest absolute Gasteiger partial charge is 0.321 e. The molecule has 4 nitrogen and oxygen atoms in total. The van der Waals surface area contributed by atoms with Crippen LogP contribution in [0.2, 0.25) is 0 Å². The van der Waals surface area contributed by atoms with E-state index in [1.807, 2.05) is 0 Å². The average Bonchev–Trinajstić information content (AvgIpc) is 3.54. The third kappa shape index (κ3) is 3.38. The highest BCUT2D eigenvalue weighted by molar-refractivity contribution is 5.90. The van der Waals surface area contributed by atoms with Crippen molar-refractivity contribution in [3.63, 3.8) is 0 Å². The molecule has 4 heteroatoms. The van der Waals surface area contributed by atoms with Crippen LogP contribution in [0.15, 0.2) is 133 Å². The summed E-state index contributed by atoms with van der Waals surface area (Å²) in [6, 6.07) is 47.5. The van der Waals surface area contributed by atoms with Gasteiger partial charge < -0.3 is 19.6 Å². The molecule has 0 amide bonds. The fourth-order valence-corrected chi connectivity index (χ4v) is 5.36. The molecule has 0 N–H and O–H groups in total. The summed E-state index contributed by atoms with van der Waals surface area (Å²) in [7, 11) is 0.